The highest BCUT2D eigenvalue weighted by Gasteiger charge is 2.11. The van der Waals surface area contributed by atoms with E-state index in [4.69, 9.17) is 0 Å². The molecule has 0 aliphatic carbocycles. The molecule has 29 heavy (non-hydrogen) atoms. The molecular weight excluding hydrogens is 360 g/mol. The van der Waals surface area contributed by atoms with Gasteiger partial charge in [-0.25, -0.2) is 9.67 Å². The summed E-state index contributed by atoms with van der Waals surface area (Å²) in [4.78, 5) is 17.1. The quantitative estimate of drug-likeness (QED) is 0.449. The Hall–Kier alpha value is -3.99. The number of fused-ring (bicyclic) bond motifs is 1. The van der Waals surface area contributed by atoms with Crippen molar-refractivity contribution in [2.45, 2.75) is 6.92 Å². The molecule has 0 unspecified atom stereocenters. The molecule has 2 aromatic heterocycles. The minimum atomic E-state index is -0.141. The molecule has 0 aliphatic heterocycles. The van der Waals surface area contributed by atoms with E-state index in [1.165, 1.54) is 4.68 Å². The Bertz CT molecular complexity index is 1310. The predicted octanol–water partition coefficient (Wildman–Crippen LogP) is 4.89. The Labute approximate surface area is 167 Å². The van der Waals surface area contributed by atoms with Gasteiger partial charge in [0.1, 0.15) is 6.33 Å². The van der Waals surface area contributed by atoms with Gasteiger partial charge in [0.05, 0.1) is 16.7 Å². The summed E-state index contributed by atoms with van der Waals surface area (Å²) >= 11 is 0. The molecule has 5 nitrogen and oxygen atoms in total. The number of carbonyl (C=O) groups is 1. The molecule has 0 spiro atoms. The minimum absolute atomic E-state index is 0.141. The standard InChI is InChI=1S/C24H18N4O/c1-17-6-8-19(9-7-17)24(29)28-15-14-21(26-28)18-10-12-20(13-11-18)27-16-25-22-4-2-3-5-23(22)27/h2-16H,1H3. The summed E-state index contributed by atoms with van der Waals surface area (Å²) in [5.41, 5.74) is 6.50. The van der Waals surface area contributed by atoms with Crippen LogP contribution in [0.3, 0.4) is 0 Å². The van der Waals surface area contributed by atoms with Crippen LogP contribution in [0.5, 0.6) is 0 Å². The highest BCUT2D eigenvalue weighted by molar-refractivity contribution is 5.95. The van der Waals surface area contributed by atoms with Gasteiger partial charge in [-0.2, -0.15) is 5.10 Å². The second-order valence-electron chi connectivity index (χ2n) is 6.97. The van der Waals surface area contributed by atoms with E-state index in [-0.39, 0.29) is 5.91 Å². The number of hydrogen-bond acceptors (Lipinski definition) is 3. The van der Waals surface area contributed by atoms with Gasteiger partial charge in [0.25, 0.3) is 5.91 Å². The van der Waals surface area contributed by atoms with Crippen LogP contribution >= 0.6 is 0 Å². The second kappa shape index (κ2) is 6.87. The monoisotopic (exact) mass is 378 g/mol. The first-order chi connectivity index (χ1) is 14.2. The molecule has 0 N–H and O–H groups in total. The first-order valence-corrected chi connectivity index (χ1v) is 9.39. The Kier molecular flexibility index (Phi) is 4.06. The molecule has 140 valence electrons. The van der Waals surface area contributed by atoms with Gasteiger partial charge in [-0.3, -0.25) is 9.36 Å². The van der Waals surface area contributed by atoms with E-state index < -0.39 is 0 Å². The molecule has 3 aromatic carbocycles. The lowest BCUT2D eigenvalue weighted by molar-refractivity contribution is 0.0945. The average Bonchev–Trinajstić information content (AvgIpc) is 3.42. The number of rotatable bonds is 3. The number of hydrogen-bond donors (Lipinski definition) is 0. The summed E-state index contributed by atoms with van der Waals surface area (Å²) in [6.45, 7) is 2.00. The highest BCUT2D eigenvalue weighted by Crippen LogP contribution is 2.22. The summed E-state index contributed by atoms with van der Waals surface area (Å²) in [7, 11) is 0. The van der Waals surface area contributed by atoms with Gasteiger partial charge in [-0.05, 0) is 49.4 Å². The summed E-state index contributed by atoms with van der Waals surface area (Å²) in [5.74, 6) is -0.141. The maximum atomic E-state index is 12.6. The molecule has 5 rings (SSSR count). The maximum absolute atomic E-state index is 12.6. The van der Waals surface area contributed by atoms with Crippen molar-refractivity contribution in [1.82, 2.24) is 19.3 Å². The lowest BCUT2D eigenvalue weighted by Crippen LogP contribution is -2.12. The summed E-state index contributed by atoms with van der Waals surface area (Å²) in [6.07, 6.45) is 3.53. The van der Waals surface area contributed by atoms with E-state index in [1.807, 2.05) is 86.0 Å². The summed E-state index contributed by atoms with van der Waals surface area (Å²) in [5, 5.41) is 4.47. The van der Waals surface area contributed by atoms with Gasteiger partial charge in [0.15, 0.2) is 0 Å². The van der Waals surface area contributed by atoms with E-state index in [0.29, 0.717) is 5.56 Å². The van der Waals surface area contributed by atoms with Crippen LogP contribution in [-0.4, -0.2) is 25.2 Å². The Morgan fingerprint density at radius 3 is 2.41 bits per heavy atom. The van der Waals surface area contributed by atoms with Crippen LogP contribution in [0.4, 0.5) is 0 Å². The zero-order chi connectivity index (χ0) is 19.8. The van der Waals surface area contributed by atoms with Gasteiger partial charge in [-0.15, -0.1) is 0 Å². The lowest BCUT2D eigenvalue weighted by Gasteiger charge is -2.05. The molecule has 2 heterocycles. The third kappa shape index (κ3) is 3.12. The molecule has 0 amide bonds. The fraction of sp³-hybridized carbons (Fsp3) is 0.0417. The molecule has 0 fully saturated rings. The van der Waals surface area contributed by atoms with E-state index in [0.717, 1.165) is 33.5 Å². The Balaban J connectivity index is 1.42. The van der Waals surface area contributed by atoms with Crippen LogP contribution in [0.15, 0.2) is 91.4 Å². The first-order valence-electron chi connectivity index (χ1n) is 9.39. The van der Waals surface area contributed by atoms with Crippen molar-refractivity contribution >= 4 is 16.9 Å². The molecule has 0 atom stereocenters. The number of imidazole rings is 1. The van der Waals surface area contributed by atoms with E-state index in [9.17, 15) is 4.79 Å². The Morgan fingerprint density at radius 2 is 1.62 bits per heavy atom. The average molecular weight is 378 g/mol. The number of carbonyl (C=O) groups excluding carboxylic acids is 1. The third-order valence-electron chi connectivity index (χ3n) is 4.99. The van der Waals surface area contributed by atoms with Crippen LogP contribution < -0.4 is 0 Å². The predicted molar refractivity (Wildman–Crippen MR) is 113 cm³/mol. The first kappa shape index (κ1) is 17.1. The third-order valence-corrected chi connectivity index (χ3v) is 4.99. The SMILES string of the molecule is Cc1ccc(C(=O)n2ccc(-c3ccc(-n4cnc5ccccc54)cc3)n2)cc1. The molecule has 5 aromatic rings. The van der Waals surface area contributed by atoms with Crippen molar-refractivity contribution < 1.29 is 4.79 Å². The van der Waals surface area contributed by atoms with Gasteiger partial charge in [-0.1, -0.05) is 42.0 Å². The van der Waals surface area contributed by atoms with Crippen molar-refractivity contribution in [3.63, 3.8) is 0 Å². The fourth-order valence-electron chi connectivity index (χ4n) is 3.38. The van der Waals surface area contributed by atoms with E-state index in [2.05, 4.69) is 20.7 Å². The summed E-state index contributed by atoms with van der Waals surface area (Å²) in [6, 6.07) is 25.5. The van der Waals surface area contributed by atoms with Crippen molar-refractivity contribution in [3.05, 3.63) is 103 Å². The maximum Gasteiger partial charge on any atom is 0.278 e. The second-order valence-corrected chi connectivity index (χ2v) is 6.97. The number of benzene rings is 3. The largest absolute Gasteiger partial charge is 0.299 e. The zero-order valence-electron chi connectivity index (χ0n) is 15.9. The molecular formula is C24H18N4O. The van der Waals surface area contributed by atoms with Crippen molar-refractivity contribution in [1.29, 1.82) is 0 Å². The van der Waals surface area contributed by atoms with Crippen LogP contribution in [0.25, 0.3) is 28.0 Å². The topological polar surface area (TPSA) is 52.7 Å². The number of para-hydroxylation sites is 2. The van der Waals surface area contributed by atoms with Gasteiger partial charge < -0.3 is 0 Å². The van der Waals surface area contributed by atoms with Gasteiger partial charge in [0.2, 0.25) is 0 Å². The van der Waals surface area contributed by atoms with Crippen molar-refractivity contribution in [3.8, 4) is 16.9 Å². The fourth-order valence-corrected chi connectivity index (χ4v) is 3.38. The number of nitrogens with zero attached hydrogens (tertiary/aromatic N) is 4. The number of aromatic nitrogens is 4. The molecule has 5 heteroatoms. The smallest absolute Gasteiger partial charge is 0.278 e. The van der Waals surface area contributed by atoms with Gasteiger partial charge in [0, 0.05) is 23.0 Å². The van der Waals surface area contributed by atoms with E-state index >= 15 is 0 Å². The molecule has 0 bridgehead atoms. The number of aryl methyl sites for hydroxylation is 1. The minimum Gasteiger partial charge on any atom is -0.299 e. The Morgan fingerprint density at radius 1 is 0.862 bits per heavy atom. The normalized spacial score (nSPS) is 11.1. The molecule has 0 saturated heterocycles. The van der Waals surface area contributed by atoms with Crippen LogP contribution in [-0.2, 0) is 0 Å². The van der Waals surface area contributed by atoms with Crippen molar-refractivity contribution in [2.75, 3.05) is 0 Å². The zero-order valence-corrected chi connectivity index (χ0v) is 15.9. The molecule has 0 saturated carbocycles. The van der Waals surface area contributed by atoms with Crippen LogP contribution in [0.1, 0.15) is 15.9 Å². The highest BCUT2D eigenvalue weighted by atomic mass is 16.2. The van der Waals surface area contributed by atoms with Crippen LogP contribution in [0, 0.1) is 6.92 Å². The van der Waals surface area contributed by atoms with Gasteiger partial charge >= 0.3 is 0 Å². The lowest BCUT2D eigenvalue weighted by atomic mass is 10.1. The summed E-state index contributed by atoms with van der Waals surface area (Å²) < 4.78 is 3.44. The molecule has 0 radical (unpaired) electrons. The molecule has 0 aliphatic rings. The van der Waals surface area contributed by atoms with E-state index in [1.54, 1.807) is 6.20 Å². The van der Waals surface area contributed by atoms with Crippen LogP contribution in [0.2, 0.25) is 0 Å². The van der Waals surface area contributed by atoms with Crippen molar-refractivity contribution in [2.24, 2.45) is 0 Å².